The second kappa shape index (κ2) is 5.55. The minimum atomic E-state index is -1.11. The number of nitrogens with one attached hydrogen (secondary N) is 1. The molecule has 2 heterocycles. The Kier molecular flexibility index (Phi) is 3.83. The molecule has 0 aliphatic heterocycles. The van der Waals surface area contributed by atoms with Crippen molar-refractivity contribution in [2.24, 2.45) is 0 Å². The number of carboxylic acid groups (broad SMARTS) is 1. The highest BCUT2D eigenvalue weighted by Crippen LogP contribution is 1.96. The Bertz CT molecular complexity index is 703. The highest BCUT2D eigenvalue weighted by Gasteiger charge is 2.18. The minimum Gasteiger partial charge on any atom is -0.480 e. The molecule has 106 valence electrons. The van der Waals surface area contributed by atoms with Gasteiger partial charge in [0.25, 0.3) is 0 Å². The molecule has 20 heavy (non-hydrogen) atoms. The minimum absolute atomic E-state index is 0.265. The maximum atomic E-state index is 11.9. The number of carbonyl (C=O) groups is 2. The van der Waals surface area contributed by atoms with Crippen LogP contribution in [0.15, 0.2) is 29.2 Å². The fourth-order valence-corrected chi connectivity index (χ4v) is 1.79. The Morgan fingerprint density at radius 2 is 2.20 bits per heavy atom. The van der Waals surface area contributed by atoms with Crippen molar-refractivity contribution < 1.29 is 14.7 Å². The first-order valence-electron chi connectivity index (χ1n) is 6.09. The fourth-order valence-electron chi connectivity index (χ4n) is 1.79. The third-order valence-corrected chi connectivity index (χ3v) is 2.82. The van der Waals surface area contributed by atoms with E-state index in [1.165, 1.54) is 4.40 Å². The van der Waals surface area contributed by atoms with Gasteiger partial charge in [0.1, 0.15) is 12.6 Å². The molecular weight excluding hydrogens is 264 g/mol. The molecule has 1 atom stereocenters. The van der Waals surface area contributed by atoms with Crippen molar-refractivity contribution in [3.05, 3.63) is 34.9 Å². The molecule has 8 nitrogen and oxygen atoms in total. The van der Waals surface area contributed by atoms with Gasteiger partial charge in [-0.15, -0.1) is 5.10 Å². The normalized spacial score (nSPS) is 12.2. The van der Waals surface area contributed by atoms with Crippen LogP contribution in [0.5, 0.6) is 0 Å². The average Bonchev–Trinajstić information content (AvgIpc) is 2.73. The Balaban J connectivity index is 2.16. The summed E-state index contributed by atoms with van der Waals surface area (Å²) in [7, 11) is 0. The third kappa shape index (κ3) is 2.68. The lowest BCUT2D eigenvalue weighted by atomic mass is 10.2. The molecule has 2 rings (SSSR count). The van der Waals surface area contributed by atoms with Gasteiger partial charge in [-0.1, -0.05) is 13.0 Å². The van der Waals surface area contributed by atoms with Crippen LogP contribution in [0.3, 0.4) is 0 Å². The summed E-state index contributed by atoms with van der Waals surface area (Å²) in [4.78, 5) is 34.5. The molecule has 0 saturated carbocycles. The molecule has 2 aromatic rings. The standard InChI is InChI=1S/C12H14N4O4/c1-2-8(11(18)19)13-10(17)7-16-12(20)15-6-4-3-5-9(15)14-16/h3-6,8H,2,7H2,1H3,(H,13,17)(H,18,19)/t8-/m1/s1. The van der Waals surface area contributed by atoms with Gasteiger partial charge >= 0.3 is 11.7 Å². The van der Waals surface area contributed by atoms with Crippen molar-refractivity contribution in [3.63, 3.8) is 0 Å². The first kappa shape index (κ1) is 13.8. The van der Waals surface area contributed by atoms with Crippen molar-refractivity contribution in [2.45, 2.75) is 25.9 Å². The molecule has 0 unspecified atom stereocenters. The summed E-state index contributed by atoms with van der Waals surface area (Å²) >= 11 is 0. The third-order valence-electron chi connectivity index (χ3n) is 2.82. The molecule has 0 fully saturated rings. The van der Waals surface area contributed by atoms with Gasteiger partial charge in [0.15, 0.2) is 5.65 Å². The lowest BCUT2D eigenvalue weighted by molar-refractivity contribution is -0.142. The van der Waals surface area contributed by atoms with Gasteiger partial charge in [-0.3, -0.25) is 9.20 Å². The van der Waals surface area contributed by atoms with E-state index in [4.69, 9.17) is 5.11 Å². The van der Waals surface area contributed by atoms with Crippen molar-refractivity contribution in [2.75, 3.05) is 0 Å². The highest BCUT2D eigenvalue weighted by atomic mass is 16.4. The first-order valence-corrected chi connectivity index (χ1v) is 6.09. The van der Waals surface area contributed by atoms with E-state index in [0.717, 1.165) is 4.68 Å². The van der Waals surface area contributed by atoms with Crippen LogP contribution in [0.25, 0.3) is 5.65 Å². The first-order chi connectivity index (χ1) is 9.52. The van der Waals surface area contributed by atoms with Crippen LogP contribution in [0, 0.1) is 0 Å². The summed E-state index contributed by atoms with van der Waals surface area (Å²) in [5.41, 5.74) is -0.0188. The predicted octanol–water partition coefficient (Wildman–Crippen LogP) is -0.525. The van der Waals surface area contributed by atoms with Crippen molar-refractivity contribution in [1.29, 1.82) is 0 Å². The average molecular weight is 278 g/mol. The second-order valence-electron chi connectivity index (χ2n) is 4.24. The number of aromatic nitrogens is 3. The van der Waals surface area contributed by atoms with E-state index in [1.807, 2.05) is 0 Å². The number of amides is 1. The number of nitrogens with zero attached hydrogens (tertiary/aromatic N) is 3. The maximum absolute atomic E-state index is 11.9. The molecule has 0 aromatic carbocycles. The quantitative estimate of drug-likeness (QED) is 0.765. The molecule has 0 aliphatic carbocycles. The van der Waals surface area contributed by atoms with Gasteiger partial charge in [0.2, 0.25) is 5.91 Å². The summed E-state index contributed by atoms with van der Waals surface area (Å²) in [5, 5.41) is 15.2. The summed E-state index contributed by atoms with van der Waals surface area (Å²) < 4.78 is 2.31. The van der Waals surface area contributed by atoms with Crippen LogP contribution in [-0.2, 0) is 16.1 Å². The molecule has 0 spiro atoms. The topological polar surface area (TPSA) is 106 Å². The van der Waals surface area contributed by atoms with Gasteiger partial charge in [-0.05, 0) is 18.6 Å². The smallest absolute Gasteiger partial charge is 0.350 e. The van der Waals surface area contributed by atoms with Crippen LogP contribution >= 0.6 is 0 Å². The summed E-state index contributed by atoms with van der Waals surface area (Å²) in [5.74, 6) is -1.67. The highest BCUT2D eigenvalue weighted by molar-refractivity contribution is 5.83. The number of hydrogen-bond acceptors (Lipinski definition) is 4. The second-order valence-corrected chi connectivity index (χ2v) is 4.24. The van der Waals surface area contributed by atoms with Gasteiger partial charge in [-0.25, -0.2) is 14.3 Å². The fraction of sp³-hybridized carbons (Fsp3) is 0.333. The number of aliphatic carboxylic acids is 1. The molecule has 2 aromatic heterocycles. The number of carboxylic acids is 1. The summed E-state index contributed by atoms with van der Waals surface area (Å²) in [6.45, 7) is 1.33. The lowest BCUT2D eigenvalue weighted by Crippen LogP contribution is -2.43. The van der Waals surface area contributed by atoms with E-state index in [0.29, 0.717) is 5.65 Å². The Labute approximate surface area is 113 Å². The Hall–Kier alpha value is -2.64. The van der Waals surface area contributed by atoms with Gasteiger partial charge < -0.3 is 10.4 Å². The van der Waals surface area contributed by atoms with E-state index >= 15 is 0 Å². The molecule has 0 saturated heterocycles. The van der Waals surface area contributed by atoms with Gasteiger partial charge in [0, 0.05) is 6.20 Å². The number of fused-ring (bicyclic) bond motifs is 1. The van der Waals surface area contributed by atoms with Crippen LogP contribution in [-0.4, -0.2) is 37.2 Å². The SMILES string of the molecule is CC[C@@H](NC(=O)Cn1nc2ccccn2c1=O)C(=O)O. The van der Waals surface area contributed by atoms with Crippen molar-refractivity contribution in [1.82, 2.24) is 19.5 Å². The Morgan fingerprint density at radius 3 is 2.80 bits per heavy atom. The Morgan fingerprint density at radius 1 is 1.45 bits per heavy atom. The van der Waals surface area contributed by atoms with E-state index in [1.54, 1.807) is 31.3 Å². The molecule has 0 radical (unpaired) electrons. The van der Waals surface area contributed by atoms with Crippen molar-refractivity contribution >= 4 is 17.5 Å². The number of carbonyl (C=O) groups excluding carboxylic acids is 1. The summed E-state index contributed by atoms with van der Waals surface area (Å²) in [6, 6.07) is 4.08. The van der Waals surface area contributed by atoms with E-state index < -0.39 is 23.6 Å². The summed E-state index contributed by atoms with van der Waals surface area (Å²) in [6.07, 6.45) is 1.81. The zero-order valence-electron chi connectivity index (χ0n) is 10.8. The lowest BCUT2D eigenvalue weighted by Gasteiger charge is -2.11. The molecule has 1 amide bonds. The molecule has 8 heteroatoms. The van der Waals surface area contributed by atoms with Gasteiger partial charge in [0.05, 0.1) is 0 Å². The van der Waals surface area contributed by atoms with E-state index in [2.05, 4.69) is 10.4 Å². The van der Waals surface area contributed by atoms with E-state index in [9.17, 15) is 14.4 Å². The predicted molar refractivity (Wildman–Crippen MR) is 69.3 cm³/mol. The monoisotopic (exact) mass is 278 g/mol. The zero-order valence-corrected chi connectivity index (χ0v) is 10.8. The largest absolute Gasteiger partial charge is 0.480 e. The maximum Gasteiger partial charge on any atom is 0.350 e. The number of pyridine rings is 1. The number of rotatable bonds is 5. The molecule has 0 bridgehead atoms. The van der Waals surface area contributed by atoms with Crippen LogP contribution in [0.2, 0.25) is 0 Å². The van der Waals surface area contributed by atoms with E-state index in [-0.39, 0.29) is 13.0 Å². The van der Waals surface area contributed by atoms with Crippen molar-refractivity contribution in [3.8, 4) is 0 Å². The zero-order chi connectivity index (χ0) is 14.7. The number of hydrogen-bond donors (Lipinski definition) is 2. The molecule has 2 N–H and O–H groups in total. The van der Waals surface area contributed by atoms with Gasteiger partial charge in [-0.2, -0.15) is 0 Å². The van der Waals surface area contributed by atoms with Crippen LogP contribution in [0.4, 0.5) is 0 Å². The van der Waals surface area contributed by atoms with Crippen LogP contribution in [0.1, 0.15) is 13.3 Å². The molecular formula is C12H14N4O4. The molecule has 0 aliphatic rings. The van der Waals surface area contributed by atoms with Crippen LogP contribution < -0.4 is 11.0 Å².